The SMILES string of the molecule is C=C(C)C(=O)OCCCCCCCCOC(=O)c1cccc(C(=O)O)c1C(=O)O. The van der Waals surface area contributed by atoms with Crippen LogP contribution in [0.5, 0.6) is 0 Å². The molecule has 0 saturated heterocycles. The smallest absolute Gasteiger partial charge is 0.339 e. The number of carbonyl (C=O) groups excluding carboxylic acids is 2. The van der Waals surface area contributed by atoms with Gasteiger partial charge in [-0.1, -0.05) is 38.3 Å². The number of carboxylic acid groups (broad SMARTS) is 2. The van der Waals surface area contributed by atoms with E-state index in [1.807, 2.05) is 0 Å². The van der Waals surface area contributed by atoms with Crippen molar-refractivity contribution in [2.75, 3.05) is 13.2 Å². The number of hydrogen-bond donors (Lipinski definition) is 2. The first-order chi connectivity index (χ1) is 13.8. The van der Waals surface area contributed by atoms with Crippen LogP contribution in [0.25, 0.3) is 0 Å². The van der Waals surface area contributed by atoms with Gasteiger partial charge in [0.2, 0.25) is 0 Å². The van der Waals surface area contributed by atoms with E-state index in [4.69, 9.17) is 14.6 Å². The predicted molar refractivity (Wildman–Crippen MR) is 104 cm³/mol. The molecule has 0 bridgehead atoms. The first-order valence-electron chi connectivity index (χ1n) is 9.35. The van der Waals surface area contributed by atoms with Crippen LogP contribution in [0.3, 0.4) is 0 Å². The summed E-state index contributed by atoms with van der Waals surface area (Å²) in [6.07, 6.45) is 4.97. The molecule has 0 aromatic heterocycles. The summed E-state index contributed by atoms with van der Waals surface area (Å²) in [5.74, 6) is -4.16. The van der Waals surface area contributed by atoms with E-state index in [1.165, 1.54) is 12.1 Å². The van der Waals surface area contributed by atoms with Gasteiger partial charge in [-0.15, -0.1) is 0 Å². The normalized spacial score (nSPS) is 10.2. The second kappa shape index (κ2) is 12.3. The van der Waals surface area contributed by atoms with E-state index < -0.39 is 29.0 Å². The molecule has 1 aromatic carbocycles. The van der Waals surface area contributed by atoms with Crippen LogP contribution in [0.4, 0.5) is 0 Å². The van der Waals surface area contributed by atoms with Crippen molar-refractivity contribution >= 4 is 23.9 Å². The molecule has 0 amide bonds. The number of ether oxygens (including phenoxy) is 2. The Morgan fingerprint density at radius 3 is 1.86 bits per heavy atom. The lowest BCUT2D eigenvalue weighted by atomic mass is 10.0. The van der Waals surface area contributed by atoms with Crippen LogP contribution < -0.4 is 0 Å². The van der Waals surface area contributed by atoms with Crippen LogP contribution in [-0.4, -0.2) is 47.3 Å². The van der Waals surface area contributed by atoms with Gasteiger partial charge in [0.15, 0.2) is 0 Å². The maximum Gasteiger partial charge on any atom is 0.339 e. The minimum absolute atomic E-state index is 0.116. The number of carboxylic acids is 2. The Hall–Kier alpha value is -3.16. The first kappa shape index (κ1) is 23.9. The Kier molecular flexibility index (Phi) is 10.2. The summed E-state index contributed by atoms with van der Waals surface area (Å²) in [5, 5.41) is 18.3. The van der Waals surface area contributed by atoms with E-state index in [0.29, 0.717) is 18.6 Å². The predicted octanol–water partition coefficient (Wildman–Crippen LogP) is 3.70. The Morgan fingerprint density at radius 1 is 0.828 bits per heavy atom. The fourth-order valence-corrected chi connectivity index (χ4v) is 2.57. The highest BCUT2D eigenvalue weighted by Gasteiger charge is 2.24. The second-order valence-electron chi connectivity index (χ2n) is 6.51. The quantitative estimate of drug-likeness (QED) is 0.288. The number of rotatable bonds is 13. The Labute approximate surface area is 169 Å². The molecule has 0 atom stereocenters. The fourth-order valence-electron chi connectivity index (χ4n) is 2.57. The van der Waals surface area contributed by atoms with Gasteiger partial charge in [0.05, 0.1) is 29.9 Å². The largest absolute Gasteiger partial charge is 0.478 e. The van der Waals surface area contributed by atoms with Gasteiger partial charge in [-0.05, 0) is 31.9 Å². The molecule has 29 heavy (non-hydrogen) atoms. The van der Waals surface area contributed by atoms with Gasteiger partial charge in [-0.3, -0.25) is 0 Å². The number of unbranched alkanes of at least 4 members (excludes halogenated alkanes) is 5. The third kappa shape index (κ3) is 8.16. The topological polar surface area (TPSA) is 127 Å². The van der Waals surface area contributed by atoms with Crippen molar-refractivity contribution in [3.63, 3.8) is 0 Å². The van der Waals surface area contributed by atoms with Crippen molar-refractivity contribution < 1.29 is 38.9 Å². The summed E-state index contributed by atoms with van der Waals surface area (Å²) in [4.78, 5) is 45.8. The maximum absolute atomic E-state index is 12.1. The highest BCUT2D eigenvalue weighted by atomic mass is 16.5. The monoisotopic (exact) mass is 406 g/mol. The zero-order valence-corrected chi connectivity index (χ0v) is 16.4. The van der Waals surface area contributed by atoms with Gasteiger partial charge in [0, 0.05) is 5.57 Å². The zero-order chi connectivity index (χ0) is 21.8. The average Bonchev–Trinajstić information content (AvgIpc) is 2.67. The van der Waals surface area contributed by atoms with Crippen molar-refractivity contribution in [2.45, 2.75) is 45.4 Å². The average molecular weight is 406 g/mol. The third-order valence-electron chi connectivity index (χ3n) is 4.08. The minimum atomic E-state index is -1.50. The molecule has 1 rings (SSSR count). The molecule has 0 fully saturated rings. The molecule has 158 valence electrons. The van der Waals surface area contributed by atoms with Crippen molar-refractivity contribution in [2.24, 2.45) is 0 Å². The molecular weight excluding hydrogens is 380 g/mol. The fraction of sp³-hybridized carbons (Fsp3) is 0.429. The zero-order valence-electron chi connectivity index (χ0n) is 16.4. The van der Waals surface area contributed by atoms with Gasteiger partial charge in [-0.25, -0.2) is 19.2 Å². The number of esters is 2. The lowest BCUT2D eigenvalue weighted by Gasteiger charge is -2.09. The molecule has 0 aliphatic rings. The lowest BCUT2D eigenvalue weighted by molar-refractivity contribution is -0.139. The minimum Gasteiger partial charge on any atom is -0.478 e. The summed E-state index contributed by atoms with van der Waals surface area (Å²) in [6.45, 7) is 5.58. The molecule has 0 spiro atoms. The van der Waals surface area contributed by atoms with Crippen molar-refractivity contribution in [1.29, 1.82) is 0 Å². The molecule has 1 aromatic rings. The molecule has 2 N–H and O–H groups in total. The van der Waals surface area contributed by atoms with E-state index in [1.54, 1.807) is 6.92 Å². The van der Waals surface area contributed by atoms with E-state index in [-0.39, 0.29) is 18.1 Å². The number of benzene rings is 1. The highest BCUT2D eigenvalue weighted by molar-refractivity contribution is 6.09. The summed E-state index contributed by atoms with van der Waals surface area (Å²) < 4.78 is 10.1. The lowest BCUT2D eigenvalue weighted by Crippen LogP contribution is -2.16. The molecule has 0 aliphatic carbocycles. The molecule has 8 heteroatoms. The van der Waals surface area contributed by atoms with Gasteiger partial charge < -0.3 is 19.7 Å². The summed E-state index contributed by atoms with van der Waals surface area (Å²) in [6, 6.07) is 3.67. The van der Waals surface area contributed by atoms with E-state index in [0.717, 1.165) is 38.2 Å². The molecule has 0 saturated carbocycles. The van der Waals surface area contributed by atoms with Crippen molar-refractivity contribution in [1.82, 2.24) is 0 Å². The van der Waals surface area contributed by atoms with Crippen LogP contribution in [0.1, 0.15) is 76.5 Å². The van der Waals surface area contributed by atoms with Crippen LogP contribution in [0.15, 0.2) is 30.4 Å². The van der Waals surface area contributed by atoms with Crippen LogP contribution in [-0.2, 0) is 14.3 Å². The van der Waals surface area contributed by atoms with Gasteiger partial charge in [-0.2, -0.15) is 0 Å². The van der Waals surface area contributed by atoms with Gasteiger partial charge >= 0.3 is 23.9 Å². The number of aromatic carboxylic acids is 2. The van der Waals surface area contributed by atoms with Crippen molar-refractivity contribution in [3.05, 3.63) is 47.0 Å². The Bertz CT molecular complexity index is 766. The Balaban J connectivity index is 2.29. The van der Waals surface area contributed by atoms with Crippen LogP contribution >= 0.6 is 0 Å². The van der Waals surface area contributed by atoms with Crippen LogP contribution in [0.2, 0.25) is 0 Å². The number of carbonyl (C=O) groups is 4. The molecular formula is C21H26O8. The number of hydrogen-bond acceptors (Lipinski definition) is 6. The summed E-state index contributed by atoms with van der Waals surface area (Å²) >= 11 is 0. The van der Waals surface area contributed by atoms with Gasteiger partial charge in [0.1, 0.15) is 0 Å². The third-order valence-corrected chi connectivity index (χ3v) is 4.08. The standard InChI is InChI=1S/C21H26O8/c1-14(2)20(26)28-12-7-5-3-4-6-8-13-29-21(27)16-11-9-10-15(18(22)23)17(16)19(24)25/h9-11H,1,3-8,12-13H2,2H3,(H,22,23)(H,24,25). The molecule has 0 aliphatic heterocycles. The molecule has 0 radical (unpaired) electrons. The first-order valence-corrected chi connectivity index (χ1v) is 9.35. The highest BCUT2D eigenvalue weighted by Crippen LogP contribution is 2.17. The summed E-state index contributed by atoms with van der Waals surface area (Å²) in [7, 11) is 0. The Morgan fingerprint density at radius 2 is 1.34 bits per heavy atom. The van der Waals surface area contributed by atoms with Crippen molar-refractivity contribution in [3.8, 4) is 0 Å². The summed E-state index contributed by atoms with van der Waals surface area (Å²) in [5.41, 5.74) is -0.926. The van der Waals surface area contributed by atoms with Crippen LogP contribution in [0, 0.1) is 0 Å². The van der Waals surface area contributed by atoms with E-state index >= 15 is 0 Å². The van der Waals surface area contributed by atoms with E-state index in [9.17, 15) is 24.3 Å². The molecule has 0 heterocycles. The van der Waals surface area contributed by atoms with E-state index in [2.05, 4.69) is 6.58 Å². The second-order valence-corrected chi connectivity index (χ2v) is 6.51. The molecule has 0 unspecified atom stereocenters. The van der Waals surface area contributed by atoms with Gasteiger partial charge in [0.25, 0.3) is 0 Å². The molecule has 8 nitrogen and oxygen atoms in total. The maximum atomic E-state index is 12.1.